The van der Waals surface area contributed by atoms with E-state index in [9.17, 15) is 9.90 Å². The van der Waals surface area contributed by atoms with Crippen LogP contribution in [-0.2, 0) is 16.0 Å². The van der Waals surface area contributed by atoms with Gasteiger partial charge in [-0.3, -0.25) is 0 Å². The number of benzene rings is 1. The average Bonchev–Trinajstić information content (AvgIpc) is 2.37. The predicted molar refractivity (Wildman–Crippen MR) is 60.7 cm³/mol. The monoisotopic (exact) mass is 240 g/mol. The van der Waals surface area contributed by atoms with Gasteiger partial charge < -0.3 is 19.7 Å². The molecule has 17 heavy (non-hydrogen) atoms. The number of hydrogen-bond acceptors (Lipinski definition) is 5. The maximum atomic E-state index is 11.0. The number of esters is 1. The molecule has 5 heteroatoms. The predicted octanol–water partition coefficient (Wildman–Crippen LogP) is 0.134. The van der Waals surface area contributed by atoms with Crippen LogP contribution in [0.25, 0.3) is 0 Å². The summed E-state index contributed by atoms with van der Waals surface area (Å²) < 4.78 is 9.60. The lowest BCUT2D eigenvalue weighted by Crippen LogP contribution is -2.24. The lowest BCUT2D eigenvalue weighted by Gasteiger charge is -2.09. The first-order chi connectivity index (χ1) is 8.17. The van der Waals surface area contributed by atoms with E-state index in [2.05, 4.69) is 4.74 Å². The zero-order valence-electron chi connectivity index (χ0n) is 9.63. The van der Waals surface area contributed by atoms with Gasteiger partial charge in [0, 0.05) is 6.42 Å². The van der Waals surface area contributed by atoms with E-state index in [0.717, 1.165) is 5.56 Å². The Hall–Kier alpha value is -1.59. The highest BCUT2D eigenvalue weighted by Crippen LogP contribution is 2.13. The van der Waals surface area contributed by atoms with Crippen LogP contribution < -0.4 is 4.74 Å². The number of aliphatic hydroxyl groups is 2. The second-order valence-electron chi connectivity index (χ2n) is 3.46. The molecule has 1 rings (SSSR count). The number of carbonyl (C=O) groups excluding carboxylic acids is 1. The van der Waals surface area contributed by atoms with Crippen LogP contribution in [0.5, 0.6) is 5.75 Å². The lowest BCUT2D eigenvalue weighted by molar-refractivity contribution is -0.150. The number of methoxy groups -OCH3 is 1. The van der Waals surface area contributed by atoms with Crippen molar-refractivity contribution >= 4 is 5.97 Å². The fourth-order valence-corrected chi connectivity index (χ4v) is 1.33. The van der Waals surface area contributed by atoms with Crippen LogP contribution in [0.4, 0.5) is 0 Å². The van der Waals surface area contributed by atoms with Gasteiger partial charge in [0.15, 0.2) is 6.10 Å². The molecule has 0 saturated carbocycles. The van der Waals surface area contributed by atoms with E-state index in [4.69, 9.17) is 9.84 Å². The van der Waals surface area contributed by atoms with Crippen molar-refractivity contribution in [3.8, 4) is 5.75 Å². The molecule has 0 amide bonds. The van der Waals surface area contributed by atoms with Crippen molar-refractivity contribution in [2.75, 3.05) is 20.3 Å². The summed E-state index contributed by atoms with van der Waals surface area (Å²) in [6.45, 7) is 0.201. The van der Waals surface area contributed by atoms with Gasteiger partial charge in [0.2, 0.25) is 0 Å². The Morgan fingerprint density at radius 1 is 1.35 bits per heavy atom. The zero-order valence-corrected chi connectivity index (χ0v) is 9.63. The van der Waals surface area contributed by atoms with Crippen molar-refractivity contribution in [1.82, 2.24) is 0 Å². The summed E-state index contributed by atoms with van der Waals surface area (Å²) in [5.41, 5.74) is 0.805. The normalized spacial score (nSPS) is 11.9. The highest BCUT2D eigenvalue weighted by molar-refractivity contribution is 5.74. The maximum absolute atomic E-state index is 11.0. The van der Waals surface area contributed by atoms with E-state index in [1.165, 1.54) is 7.11 Å². The molecular weight excluding hydrogens is 224 g/mol. The Kier molecular flexibility index (Phi) is 5.45. The Bertz CT molecular complexity index is 346. The molecule has 0 aromatic heterocycles. The molecule has 0 radical (unpaired) electrons. The highest BCUT2D eigenvalue weighted by Gasteiger charge is 2.15. The minimum absolute atomic E-state index is 0.0389. The van der Waals surface area contributed by atoms with Crippen molar-refractivity contribution in [3.63, 3.8) is 0 Å². The summed E-state index contributed by atoms with van der Waals surface area (Å²) in [6.07, 6.45) is -0.948. The van der Waals surface area contributed by atoms with Gasteiger partial charge >= 0.3 is 5.97 Å². The topological polar surface area (TPSA) is 76.0 Å². The number of carbonyl (C=O) groups is 1. The number of rotatable bonds is 6. The van der Waals surface area contributed by atoms with Crippen molar-refractivity contribution in [3.05, 3.63) is 29.8 Å². The molecule has 2 N–H and O–H groups in total. The molecule has 1 aromatic rings. The molecule has 0 aliphatic heterocycles. The molecule has 5 nitrogen and oxygen atoms in total. The van der Waals surface area contributed by atoms with E-state index in [1.54, 1.807) is 24.3 Å². The smallest absolute Gasteiger partial charge is 0.335 e. The summed E-state index contributed by atoms with van der Waals surface area (Å²) in [4.78, 5) is 11.0. The summed E-state index contributed by atoms with van der Waals surface area (Å²) in [5, 5.41) is 18.0. The van der Waals surface area contributed by atoms with Gasteiger partial charge in [-0.15, -0.1) is 0 Å². The molecule has 0 bridgehead atoms. The SMILES string of the molecule is COC(=O)[C@@H](O)Cc1ccc(OCCO)cc1. The van der Waals surface area contributed by atoms with Crippen LogP contribution in [0.3, 0.4) is 0 Å². The molecule has 94 valence electrons. The van der Waals surface area contributed by atoms with Gasteiger partial charge in [0.1, 0.15) is 12.4 Å². The first kappa shape index (κ1) is 13.5. The summed E-state index contributed by atoms with van der Waals surface area (Å²) in [5.74, 6) is -0.0130. The Balaban J connectivity index is 2.53. The molecule has 1 atom stereocenters. The van der Waals surface area contributed by atoms with Crippen molar-refractivity contribution in [1.29, 1.82) is 0 Å². The van der Waals surface area contributed by atoms with E-state index in [1.807, 2.05) is 0 Å². The number of ether oxygens (including phenoxy) is 2. The van der Waals surface area contributed by atoms with Gasteiger partial charge in [0.25, 0.3) is 0 Å². The second-order valence-corrected chi connectivity index (χ2v) is 3.46. The van der Waals surface area contributed by atoms with Crippen LogP contribution in [0.15, 0.2) is 24.3 Å². The third kappa shape index (κ3) is 4.42. The van der Waals surface area contributed by atoms with Gasteiger partial charge in [-0.1, -0.05) is 12.1 Å². The van der Waals surface area contributed by atoms with E-state index in [-0.39, 0.29) is 19.6 Å². The molecule has 0 aliphatic rings. The van der Waals surface area contributed by atoms with Crippen LogP contribution in [0.2, 0.25) is 0 Å². The van der Waals surface area contributed by atoms with Crippen LogP contribution in [-0.4, -0.2) is 42.6 Å². The Morgan fingerprint density at radius 2 is 2.00 bits per heavy atom. The standard InChI is InChI=1S/C12H16O5/c1-16-12(15)11(14)8-9-2-4-10(5-3-9)17-7-6-13/h2-5,11,13-14H,6-8H2,1H3/t11-/m0/s1. The molecule has 0 fully saturated rings. The molecule has 0 heterocycles. The summed E-state index contributed by atoms with van der Waals surface area (Å²) >= 11 is 0. The van der Waals surface area contributed by atoms with Crippen molar-refractivity contribution < 1.29 is 24.5 Å². The maximum Gasteiger partial charge on any atom is 0.335 e. The Morgan fingerprint density at radius 3 is 2.53 bits per heavy atom. The van der Waals surface area contributed by atoms with Crippen molar-refractivity contribution in [2.45, 2.75) is 12.5 Å². The highest BCUT2D eigenvalue weighted by atomic mass is 16.5. The molecule has 0 saturated heterocycles. The van der Waals surface area contributed by atoms with E-state index >= 15 is 0 Å². The minimum atomic E-state index is -1.15. The first-order valence-corrected chi connectivity index (χ1v) is 5.26. The largest absolute Gasteiger partial charge is 0.491 e. The first-order valence-electron chi connectivity index (χ1n) is 5.26. The Labute approximate surface area is 99.6 Å². The third-order valence-electron chi connectivity index (χ3n) is 2.19. The molecule has 1 aromatic carbocycles. The van der Waals surface area contributed by atoms with Gasteiger partial charge in [-0.2, -0.15) is 0 Å². The van der Waals surface area contributed by atoms with Crippen molar-refractivity contribution in [2.24, 2.45) is 0 Å². The minimum Gasteiger partial charge on any atom is -0.491 e. The quantitative estimate of drug-likeness (QED) is 0.691. The van der Waals surface area contributed by atoms with Crippen LogP contribution in [0.1, 0.15) is 5.56 Å². The number of aliphatic hydroxyl groups excluding tert-OH is 2. The molecular formula is C12H16O5. The van der Waals surface area contributed by atoms with E-state index in [0.29, 0.717) is 5.75 Å². The second kappa shape index (κ2) is 6.88. The van der Waals surface area contributed by atoms with E-state index < -0.39 is 12.1 Å². The fraction of sp³-hybridized carbons (Fsp3) is 0.417. The lowest BCUT2D eigenvalue weighted by atomic mass is 10.1. The fourth-order valence-electron chi connectivity index (χ4n) is 1.33. The molecule has 0 aliphatic carbocycles. The van der Waals surface area contributed by atoms with Crippen LogP contribution in [0, 0.1) is 0 Å². The summed E-state index contributed by atoms with van der Waals surface area (Å²) in [6, 6.07) is 6.93. The van der Waals surface area contributed by atoms with Gasteiger partial charge in [0.05, 0.1) is 13.7 Å². The third-order valence-corrected chi connectivity index (χ3v) is 2.19. The molecule has 0 unspecified atom stereocenters. The number of hydrogen-bond donors (Lipinski definition) is 2. The van der Waals surface area contributed by atoms with Crippen LogP contribution >= 0.6 is 0 Å². The zero-order chi connectivity index (χ0) is 12.7. The average molecular weight is 240 g/mol. The van der Waals surface area contributed by atoms with Gasteiger partial charge in [-0.25, -0.2) is 4.79 Å². The summed E-state index contributed by atoms with van der Waals surface area (Å²) in [7, 11) is 1.23. The molecule has 0 spiro atoms. The van der Waals surface area contributed by atoms with Gasteiger partial charge in [-0.05, 0) is 17.7 Å².